The minimum absolute atomic E-state index is 0.0235. The van der Waals surface area contributed by atoms with E-state index in [1.807, 2.05) is 29.6 Å². The van der Waals surface area contributed by atoms with Gasteiger partial charge in [0.15, 0.2) is 0 Å². The van der Waals surface area contributed by atoms with Crippen LogP contribution >= 0.6 is 11.3 Å². The van der Waals surface area contributed by atoms with Gasteiger partial charge in [-0.3, -0.25) is 4.79 Å². The lowest BCUT2D eigenvalue weighted by molar-refractivity contribution is 0.101. The molecule has 0 aliphatic rings. The predicted molar refractivity (Wildman–Crippen MR) is 64.0 cm³/mol. The first kappa shape index (κ1) is 9.91. The van der Waals surface area contributed by atoms with E-state index in [9.17, 15) is 4.79 Å². The molecule has 6 nitrogen and oxygen atoms in total. The summed E-state index contributed by atoms with van der Waals surface area (Å²) in [6.45, 7) is 0. The van der Waals surface area contributed by atoms with E-state index in [-0.39, 0.29) is 11.7 Å². The third kappa shape index (κ3) is 1.87. The number of aromatic nitrogens is 4. The van der Waals surface area contributed by atoms with Gasteiger partial charge in [-0.25, -0.2) is 0 Å². The standard InChI is InChI=1S/C10H7N5OS/c16-10(9-12-14-15-13-9)11-7-1-2-8-6(5-7)3-4-17-8/h1-5H,(H,11,16)(H,12,13,14,15). The van der Waals surface area contributed by atoms with Crippen LogP contribution in [-0.2, 0) is 0 Å². The van der Waals surface area contributed by atoms with Gasteiger partial charge in [0.05, 0.1) is 0 Å². The second kappa shape index (κ2) is 3.95. The topological polar surface area (TPSA) is 83.6 Å². The third-order valence-corrected chi connectivity index (χ3v) is 3.16. The van der Waals surface area contributed by atoms with Crippen molar-refractivity contribution in [2.45, 2.75) is 0 Å². The van der Waals surface area contributed by atoms with Crippen molar-refractivity contribution in [3.8, 4) is 0 Å². The number of tetrazole rings is 1. The molecule has 2 aromatic heterocycles. The maximum atomic E-state index is 11.7. The van der Waals surface area contributed by atoms with E-state index in [4.69, 9.17) is 0 Å². The highest BCUT2D eigenvalue weighted by Gasteiger charge is 2.10. The number of fused-ring (bicyclic) bond motifs is 1. The molecule has 0 fully saturated rings. The highest BCUT2D eigenvalue weighted by atomic mass is 32.1. The van der Waals surface area contributed by atoms with Crippen molar-refractivity contribution in [2.24, 2.45) is 0 Å². The number of nitrogens with zero attached hydrogens (tertiary/aromatic N) is 3. The highest BCUT2D eigenvalue weighted by molar-refractivity contribution is 7.17. The van der Waals surface area contributed by atoms with E-state index in [2.05, 4.69) is 25.9 Å². The van der Waals surface area contributed by atoms with Gasteiger partial charge in [0.1, 0.15) is 0 Å². The van der Waals surface area contributed by atoms with Gasteiger partial charge in [0, 0.05) is 10.4 Å². The second-order valence-corrected chi connectivity index (χ2v) is 4.31. The first-order valence-corrected chi connectivity index (χ1v) is 5.73. The lowest BCUT2D eigenvalue weighted by Crippen LogP contribution is -2.13. The summed E-state index contributed by atoms with van der Waals surface area (Å²) in [6, 6.07) is 7.72. The number of amides is 1. The molecule has 0 radical (unpaired) electrons. The van der Waals surface area contributed by atoms with Gasteiger partial charge in [-0.2, -0.15) is 5.21 Å². The number of nitrogens with one attached hydrogen (secondary N) is 2. The van der Waals surface area contributed by atoms with Crippen LogP contribution < -0.4 is 5.32 Å². The van der Waals surface area contributed by atoms with Crippen LogP contribution in [0.2, 0.25) is 0 Å². The van der Waals surface area contributed by atoms with Crippen LogP contribution in [0.1, 0.15) is 10.6 Å². The number of hydrogen-bond donors (Lipinski definition) is 2. The van der Waals surface area contributed by atoms with Gasteiger partial charge in [-0.15, -0.1) is 21.5 Å². The summed E-state index contributed by atoms with van der Waals surface area (Å²) >= 11 is 1.66. The van der Waals surface area contributed by atoms with Gasteiger partial charge >= 0.3 is 0 Å². The van der Waals surface area contributed by atoms with Crippen molar-refractivity contribution in [1.29, 1.82) is 0 Å². The van der Waals surface area contributed by atoms with Gasteiger partial charge in [-0.1, -0.05) is 0 Å². The Morgan fingerprint density at radius 1 is 1.35 bits per heavy atom. The van der Waals surface area contributed by atoms with E-state index in [1.165, 1.54) is 4.70 Å². The average molecular weight is 245 g/mol. The Morgan fingerprint density at radius 2 is 2.29 bits per heavy atom. The molecular formula is C10H7N5OS. The molecule has 7 heteroatoms. The van der Waals surface area contributed by atoms with Gasteiger partial charge in [-0.05, 0) is 40.2 Å². The number of carbonyl (C=O) groups excluding carboxylic acids is 1. The Balaban J connectivity index is 1.87. The fourth-order valence-electron chi connectivity index (χ4n) is 1.49. The Kier molecular flexibility index (Phi) is 2.30. The van der Waals surface area contributed by atoms with Crippen LogP contribution in [0.4, 0.5) is 5.69 Å². The second-order valence-electron chi connectivity index (χ2n) is 3.36. The number of H-pyrrole nitrogens is 1. The number of rotatable bonds is 2. The molecule has 3 rings (SSSR count). The summed E-state index contributed by atoms with van der Waals surface area (Å²) in [5.74, 6) is -0.358. The van der Waals surface area contributed by atoms with Crippen molar-refractivity contribution < 1.29 is 4.79 Å². The van der Waals surface area contributed by atoms with E-state index in [0.29, 0.717) is 5.69 Å². The van der Waals surface area contributed by atoms with Crippen molar-refractivity contribution in [3.63, 3.8) is 0 Å². The Hall–Kier alpha value is -2.28. The molecule has 0 unspecified atom stereocenters. The van der Waals surface area contributed by atoms with E-state index < -0.39 is 0 Å². The fourth-order valence-corrected chi connectivity index (χ4v) is 2.26. The van der Waals surface area contributed by atoms with E-state index in [0.717, 1.165) is 5.39 Å². The highest BCUT2D eigenvalue weighted by Crippen LogP contribution is 2.24. The molecule has 0 saturated carbocycles. The number of aromatic amines is 1. The molecule has 3 aromatic rings. The Bertz CT molecular complexity index is 660. The molecule has 0 spiro atoms. The van der Waals surface area contributed by atoms with Crippen molar-refractivity contribution in [3.05, 3.63) is 35.5 Å². The fraction of sp³-hybridized carbons (Fsp3) is 0. The number of benzene rings is 1. The molecule has 0 aliphatic heterocycles. The SMILES string of the molecule is O=C(Nc1ccc2sccc2c1)c1nn[nH]n1. The van der Waals surface area contributed by atoms with Crippen LogP contribution in [0.25, 0.3) is 10.1 Å². The summed E-state index contributed by atoms with van der Waals surface area (Å²) < 4.78 is 1.18. The Morgan fingerprint density at radius 3 is 3.12 bits per heavy atom. The molecule has 1 aromatic carbocycles. The normalized spacial score (nSPS) is 10.6. The zero-order valence-corrected chi connectivity index (χ0v) is 9.36. The van der Waals surface area contributed by atoms with Gasteiger partial charge in [0.25, 0.3) is 11.7 Å². The zero-order valence-electron chi connectivity index (χ0n) is 8.54. The number of thiophene rings is 1. The van der Waals surface area contributed by atoms with Crippen LogP contribution in [-0.4, -0.2) is 26.5 Å². The molecule has 2 N–H and O–H groups in total. The largest absolute Gasteiger partial charge is 0.319 e. The van der Waals surface area contributed by atoms with Gasteiger partial charge < -0.3 is 5.32 Å². The molecule has 17 heavy (non-hydrogen) atoms. The summed E-state index contributed by atoms with van der Waals surface area (Å²) in [6.07, 6.45) is 0. The summed E-state index contributed by atoms with van der Waals surface area (Å²) in [4.78, 5) is 11.7. The molecule has 1 amide bonds. The Labute approximate surface area is 99.7 Å². The lowest BCUT2D eigenvalue weighted by Gasteiger charge is -2.01. The maximum Gasteiger partial charge on any atom is 0.297 e. The van der Waals surface area contributed by atoms with Crippen molar-refractivity contribution in [2.75, 3.05) is 5.32 Å². The molecule has 0 saturated heterocycles. The third-order valence-electron chi connectivity index (χ3n) is 2.26. The molecule has 0 bridgehead atoms. The lowest BCUT2D eigenvalue weighted by atomic mass is 10.2. The molecule has 2 heterocycles. The summed E-state index contributed by atoms with van der Waals surface area (Å²) in [5.41, 5.74) is 0.714. The minimum atomic E-state index is -0.381. The maximum absolute atomic E-state index is 11.7. The number of anilines is 1. The smallest absolute Gasteiger partial charge is 0.297 e. The zero-order chi connectivity index (χ0) is 11.7. The van der Waals surface area contributed by atoms with Gasteiger partial charge in [0.2, 0.25) is 0 Å². The van der Waals surface area contributed by atoms with Crippen LogP contribution in [0.5, 0.6) is 0 Å². The monoisotopic (exact) mass is 245 g/mol. The molecule has 0 aliphatic carbocycles. The summed E-state index contributed by atoms with van der Waals surface area (Å²) in [5, 5.41) is 18.6. The number of carbonyl (C=O) groups is 1. The molecular weight excluding hydrogens is 238 g/mol. The van der Waals surface area contributed by atoms with Crippen LogP contribution in [0, 0.1) is 0 Å². The summed E-state index contributed by atoms with van der Waals surface area (Å²) in [7, 11) is 0. The number of hydrogen-bond acceptors (Lipinski definition) is 5. The minimum Gasteiger partial charge on any atom is -0.319 e. The van der Waals surface area contributed by atoms with Crippen LogP contribution in [0.3, 0.4) is 0 Å². The van der Waals surface area contributed by atoms with E-state index in [1.54, 1.807) is 11.3 Å². The van der Waals surface area contributed by atoms with E-state index >= 15 is 0 Å². The first-order valence-electron chi connectivity index (χ1n) is 4.85. The quantitative estimate of drug-likeness (QED) is 0.719. The predicted octanol–water partition coefficient (Wildman–Crippen LogP) is 1.67. The van der Waals surface area contributed by atoms with Crippen LogP contribution in [0.15, 0.2) is 29.6 Å². The van der Waals surface area contributed by atoms with Crippen molar-refractivity contribution >= 4 is 33.0 Å². The molecule has 84 valence electrons. The van der Waals surface area contributed by atoms with Crippen molar-refractivity contribution in [1.82, 2.24) is 20.6 Å². The first-order chi connectivity index (χ1) is 8.33. The molecule has 0 atom stereocenters. The average Bonchev–Trinajstić information content (AvgIpc) is 2.99.